The molecule has 0 heterocycles. The SMILES string of the molecule is C=CC(C)(CC[C@@H]1C(=C)CCCC1(C)C)OC(=O)CC. The van der Waals surface area contributed by atoms with Crippen molar-refractivity contribution in [2.45, 2.75) is 71.8 Å². The van der Waals surface area contributed by atoms with Crippen LogP contribution < -0.4 is 0 Å². The number of hydrogen-bond donors (Lipinski definition) is 0. The van der Waals surface area contributed by atoms with Gasteiger partial charge in [-0.1, -0.05) is 39.5 Å². The monoisotopic (exact) mass is 278 g/mol. The van der Waals surface area contributed by atoms with Crippen molar-refractivity contribution in [3.05, 3.63) is 24.8 Å². The van der Waals surface area contributed by atoms with Gasteiger partial charge in [0.1, 0.15) is 5.60 Å². The lowest BCUT2D eigenvalue weighted by atomic mass is 9.64. The van der Waals surface area contributed by atoms with Crippen LogP contribution in [0.4, 0.5) is 0 Å². The number of rotatable bonds is 6. The van der Waals surface area contributed by atoms with E-state index >= 15 is 0 Å². The summed E-state index contributed by atoms with van der Waals surface area (Å²) in [5, 5.41) is 0. The topological polar surface area (TPSA) is 26.3 Å². The van der Waals surface area contributed by atoms with Gasteiger partial charge in [-0.05, 0) is 56.4 Å². The smallest absolute Gasteiger partial charge is 0.306 e. The van der Waals surface area contributed by atoms with Crippen LogP contribution in [0.25, 0.3) is 0 Å². The molecular formula is C18H30O2. The number of carbonyl (C=O) groups is 1. The second kappa shape index (κ2) is 6.60. The van der Waals surface area contributed by atoms with Crippen LogP contribution in [0, 0.1) is 11.3 Å². The van der Waals surface area contributed by atoms with E-state index in [-0.39, 0.29) is 5.97 Å². The second-order valence-corrected chi connectivity index (χ2v) is 6.94. The molecule has 0 aromatic carbocycles. The minimum Gasteiger partial charge on any atom is -0.455 e. The first-order chi connectivity index (χ1) is 9.24. The lowest BCUT2D eigenvalue weighted by molar-refractivity contribution is -0.154. The highest BCUT2D eigenvalue weighted by Crippen LogP contribution is 2.46. The Morgan fingerprint density at radius 3 is 2.70 bits per heavy atom. The molecule has 1 unspecified atom stereocenters. The first-order valence-corrected chi connectivity index (χ1v) is 7.77. The van der Waals surface area contributed by atoms with E-state index in [0.717, 1.165) is 19.3 Å². The first-order valence-electron chi connectivity index (χ1n) is 7.77. The molecular weight excluding hydrogens is 248 g/mol. The van der Waals surface area contributed by atoms with Crippen LogP contribution in [0.3, 0.4) is 0 Å². The minimum atomic E-state index is -0.555. The fraction of sp³-hybridized carbons (Fsp3) is 0.722. The van der Waals surface area contributed by atoms with Gasteiger partial charge in [-0.25, -0.2) is 0 Å². The molecule has 0 bridgehead atoms. The van der Waals surface area contributed by atoms with E-state index in [1.807, 2.05) is 13.8 Å². The standard InChI is InChI=1S/C18H30O2/c1-7-16(19)20-18(6,8-2)13-11-15-14(3)10-9-12-17(15,4)5/h8,15H,2-3,7,9-13H2,1,4-6H3/t15-,18?/m1/s1. The Bertz CT molecular complexity index is 381. The fourth-order valence-electron chi connectivity index (χ4n) is 3.22. The van der Waals surface area contributed by atoms with Gasteiger partial charge in [0.05, 0.1) is 0 Å². The lowest BCUT2D eigenvalue weighted by Crippen LogP contribution is -2.34. The molecule has 0 saturated heterocycles. The molecule has 1 saturated carbocycles. The summed E-state index contributed by atoms with van der Waals surface area (Å²) in [5.41, 5.74) is 1.10. The summed E-state index contributed by atoms with van der Waals surface area (Å²) < 4.78 is 5.54. The summed E-state index contributed by atoms with van der Waals surface area (Å²) in [6.45, 7) is 16.5. The summed E-state index contributed by atoms with van der Waals surface area (Å²) in [6, 6.07) is 0. The molecule has 1 aliphatic carbocycles. The number of esters is 1. The summed E-state index contributed by atoms with van der Waals surface area (Å²) in [4.78, 5) is 11.5. The molecule has 1 fully saturated rings. The zero-order valence-electron chi connectivity index (χ0n) is 13.6. The summed E-state index contributed by atoms with van der Waals surface area (Å²) in [6.07, 6.45) is 7.61. The number of ether oxygens (including phenoxy) is 1. The van der Waals surface area contributed by atoms with E-state index < -0.39 is 5.60 Å². The predicted octanol–water partition coefficient (Wildman–Crippen LogP) is 5.05. The summed E-state index contributed by atoms with van der Waals surface area (Å²) in [7, 11) is 0. The zero-order chi connectivity index (χ0) is 15.4. The third-order valence-corrected chi connectivity index (χ3v) is 4.75. The normalized spacial score (nSPS) is 24.8. The van der Waals surface area contributed by atoms with Crippen LogP contribution in [0.2, 0.25) is 0 Å². The minimum absolute atomic E-state index is 0.158. The molecule has 0 amide bonds. The maximum atomic E-state index is 11.5. The molecule has 2 heteroatoms. The van der Waals surface area contributed by atoms with Crippen LogP contribution in [-0.4, -0.2) is 11.6 Å². The van der Waals surface area contributed by atoms with Crippen molar-refractivity contribution in [2.24, 2.45) is 11.3 Å². The molecule has 2 atom stereocenters. The lowest BCUT2D eigenvalue weighted by Gasteiger charge is -2.41. The maximum Gasteiger partial charge on any atom is 0.306 e. The molecule has 0 N–H and O–H groups in total. The van der Waals surface area contributed by atoms with Crippen LogP contribution in [-0.2, 0) is 9.53 Å². The van der Waals surface area contributed by atoms with Gasteiger partial charge in [0, 0.05) is 6.42 Å². The van der Waals surface area contributed by atoms with Crippen molar-refractivity contribution in [3.8, 4) is 0 Å². The Morgan fingerprint density at radius 2 is 2.20 bits per heavy atom. The maximum absolute atomic E-state index is 11.5. The Kier molecular flexibility index (Phi) is 5.61. The average molecular weight is 278 g/mol. The number of allylic oxidation sites excluding steroid dienone is 1. The molecule has 114 valence electrons. The van der Waals surface area contributed by atoms with E-state index in [1.165, 1.54) is 18.4 Å². The van der Waals surface area contributed by atoms with Crippen LogP contribution in [0.5, 0.6) is 0 Å². The Balaban J connectivity index is 2.69. The van der Waals surface area contributed by atoms with Crippen molar-refractivity contribution in [1.82, 2.24) is 0 Å². The van der Waals surface area contributed by atoms with E-state index in [2.05, 4.69) is 27.0 Å². The Morgan fingerprint density at radius 1 is 1.55 bits per heavy atom. The van der Waals surface area contributed by atoms with Crippen molar-refractivity contribution < 1.29 is 9.53 Å². The molecule has 1 aliphatic rings. The molecule has 0 spiro atoms. The third-order valence-electron chi connectivity index (χ3n) is 4.75. The van der Waals surface area contributed by atoms with E-state index in [9.17, 15) is 4.79 Å². The first kappa shape index (κ1) is 17.0. The molecule has 1 rings (SSSR count). The summed E-state index contributed by atoms with van der Waals surface area (Å²) in [5.74, 6) is 0.352. The predicted molar refractivity (Wildman–Crippen MR) is 84.5 cm³/mol. The summed E-state index contributed by atoms with van der Waals surface area (Å²) >= 11 is 0. The van der Waals surface area contributed by atoms with Gasteiger partial charge >= 0.3 is 5.97 Å². The third kappa shape index (κ3) is 4.22. The van der Waals surface area contributed by atoms with E-state index in [4.69, 9.17) is 4.74 Å². The highest BCUT2D eigenvalue weighted by Gasteiger charge is 2.36. The van der Waals surface area contributed by atoms with E-state index in [1.54, 1.807) is 6.08 Å². The van der Waals surface area contributed by atoms with Gasteiger partial charge in [0.25, 0.3) is 0 Å². The second-order valence-electron chi connectivity index (χ2n) is 6.94. The van der Waals surface area contributed by atoms with Crippen molar-refractivity contribution in [1.29, 1.82) is 0 Å². The molecule has 20 heavy (non-hydrogen) atoms. The van der Waals surface area contributed by atoms with Crippen LogP contribution in [0.15, 0.2) is 24.8 Å². The van der Waals surface area contributed by atoms with Gasteiger partial charge in [-0.2, -0.15) is 0 Å². The highest BCUT2D eigenvalue weighted by molar-refractivity contribution is 5.69. The quantitative estimate of drug-likeness (QED) is 0.502. The van der Waals surface area contributed by atoms with Crippen LogP contribution >= 0.6 is 0 Å². The van der Waals surface area contributed by atoms with Gasteiger partial charge in [0.15, 0.2) is 0 Å². The van der Waals surface area contributed by atoms with Crippen molar-refractivity contribution in [2.75, 3.05) is 0 Å². The largest absolute Gasteiger partial charge is 0.455 e. The fourth-order valence-corrected chi connectivity index (χ4v) is 3.22. The number of carbonyl (C=O) groups excluding carboxylic acids is 1. The average Bonchev–Trinajstić information content (AvgIpc) is 2.37. The van der Waals surface area contributed by atoms with Crippen LogP contribution in [0.1, 0.15) is 66.2 Å². The van der Waals surface area contributed by atoms with Crippen molar-refractivity contribution in [3.63, 3.8) is 0 Å². The van der Waals surface area contributed by atoms with Crippen molar-refractivity contribution >= 4 is 5.97 Å². The molecule has 0 radical (unpaired) electrons. The Hall–Kier alpha value is -1.05. The van der Waals surface area contributed by atoms with Gasteiger partial charge in [0.2, 0.25) is 0 Å². The van der Waals surface area contributed by atoms with Gasteiger partial charge in [-0.15, -0.1) is 0 Å². The molecule has 0 aromatic rings. The molecule has 0 aliphatic heterocycles. The molecule has 0 aromatic heterocycles. The van der Waals surface area contributed by atoms with Gasteiger partial charge in [-0.3, -0.25) is 4.79 Å². The zero-order valence-corrected chi connectivity index (χ0v) is 13.6. The highest BCUT2D eigenvalue weighted by atomic mass is 16.6. The molecule has 2 nitrogen and oxygen atoms in total. The number of hydrogen-bond acceptors (Lipinski definition) is 2. The van der Waals surface area contributed by atoms with Gasteiger partial charge < -0.3 is 4.74 Å². The Labute approximate surface area is 124 Å². The van der Waals surface area contributed by atoms with E-state index in [0.29, 0.717) is 17.8 Å².